The summed E-state index contributed by atoms with van der Waals surface area (Å²) in [6.07, 6.45) is 7.79. The van der Waals surface area contributed by atoms with E-state index < -0.39 is 0 Å². The third-order valence-electron chi connectivity index (χ3n) is 4.32. The van der Waals surface area contributed by atoms with Gasteiger partial charge in [0.25, 0.3) is 0 Å². The molecule has 0 atom stereocenters. The van der Waals surface area contributed by atoms with E-state index in [9.17, 15) is 4.79 Å². The molecule has 1 aliphatic heterocycles. The van der Waals surface area contributed by atoms with Crippen LogP contribution in [-0.4, -0.2) is 24.5 Å². The fraction of sp³-hybridized carbons (Fsp3) is 0.923. The van der Waals surface area contributed by atoms with Crippen molar-refractivity contribution in [2.75, 3.05) is 13.1 Å². The van der Waals surface area contributed by atoms with Gasteiger partial charge >= 0.3 is 0 Å². The highest BCUT2D eigenvalue weighted by molar-refractivity contribution is 5.85. The Morgan fingerprint density at radius 1 is 1.35 bits per heavy atom. The summed E-state index contributed by atoms with van der Waals surface area (Å²) in [6, 6.07) is 0. The van der Waals surface area contributed by atoms with Crippen LogP contribution in [0.25, 0.3) is 0 Å². The maximum atomic E-state index is 11.9. The minimum atomic E-state index is 0. The van der Waals surface area contributed by atoms with Crippen LogP contribution in [0.5, 0.6) is 0 Å². The zero-order valence-corrected chi connectivity index (χ0v) is 11.6. The average molecular weight is 261 g/mol. The molecule has 4 heteroatoms. The molecule has 1 saturated carbocycles. The minimum absolute atomic E-state index is 0. The van der Waals surface area contributed by atoms with Crippen molar-refractivity contribution in [1.29, 1.82) is 0 Å². The van der Waals surface area contributed by atoms with E-state index in [0.29, 0.717) is 5.92 Å². The molecule has 100 valence electrons. The molecule has 1 heterocycles. The maximum Gasteiger partial charge on any atom is 0.220 e. The van der Waals surface area contributed by atoms with Crippen molar-refractivity contribution in [1.82, 2.24) is 10.6 Å². The molecule has 1 amide bonds. The second kappa shape index (κ2) is 6.60. The Labute approximate surface area is 111 Å². The molecule has 2 rings (SSSR count). The second-order valence-electron chi connectivity index (χ2n) is 5.43. The van der Waals surface area contributed by atoms with E-state index in [1.807, 2.05) is 0 Å². The maximum absolute atomic E-state index is 11.9. The predicted octanol–water partition coefficient (Wildman–Crippen LogP) is 2.25. The van der Waals surface area contributed by atoms with Crippen LogP contribution >= 0.6 is 12.4 Å². The Balaban J connectivity index is 0.00000144. The van der Waals surface area contributed by atoms with Crippen LogP contribution in [0.2, 0.25) is 0 Å². The lowest BCUT2D eigenvalue weighted by atomic mass is 9.74. The van der Waals surface area contributed by atoms with Crippen LogP contribution in [0.15, 0.2) is 0 Å². The van der Waals surface area contributed by atoms with Gasteiger partial charge in [0, 0.05) is 12.0 Å². The molecule has 17 heavy (non-hydrogen) atoms. The molecule has 2 aliphatic rings. The molecule has 0 aromatic rings. The zero-order valence-electron chi connectivity index (χ0n) is 10.8. The minimum Gasteiger partial charge on any atom is -0.351 e. The number of amides is 1. The summed E-state index contributed by atoms with van der Waals surface area (Å²) in [5.41, 5.74) is 0.171. The topological polar surface area (TPSA) is 41.1 Å². The fourth-order valence-corrected chi connectivity index (χ4v) is 2.87. The van der Waals surface area contributed by atoms with Gasteiger partial charge in [-0.2, -0.15) is 0 Å². The summed E-state index contributed by atoms with van der Waals surface area (Å²) in [5, 5.41) is 6.61. The van der Waals surface area contributed by atoms with Crippen molar-refractivity contribution in [2.45, 2.75) is 57.4 Å². The number of piperidine rings is 1. The Morgan fingerprint density at radius 2 is 2.00 bits per heavy atom. The Bertz CT molecular complexity index is 242. The van der Waals surface area contributed by atoms with Crippen molar-refractivity contribution >= 4 is 18.3 Å². The second-order valence-corrected chi connectivity index (χ2v) is 5.43. The molecule has 1 aliphatic carbocycles. The molecule has 0 spiro atoms. The zero-order chi connectivity index (χ0) is 11.4. The largest absolute Gasteiger partial charge is 0.351 e. The Kier molecular flexibility index (Phi) is 5.74. The predicted molar refractivity (Wildman–Crippen MR) is 72.5 cm³/mol. The standard InChI is InChI=1S/C13H24N2O.ClH/c1-2-13(6-3-7-13)15-12(16)10-11-4-8-14-9-5-11;/h11,14H,2-10H2,1H3,(H,15,16);1H. The highest BCUT2D eigenvalue weighted by Gasteiger charge is 2.36. The van der Waals surface area contributed by atoms with Crippen molar-refractivity contribution in [2.24, 2.45) is 5.92 Å². The van der Waals surface area contributed by atoms with Crippen LogP contribution in [0.3, 0.4) is 0 Å². The van der Waals surface area contributed by atoms with E-state index in [1.165, 1.54) is 19.3 Å². The molecular formula is C13H25ClN2O. The number of hydrogen-bond donors (Lipinski definition) is 2. The molecule has 2 N–H and O–H groups in total. The lowest BCUT2D eigenvalue weighted by Crippen LogP contribution is -2.53. The number of carbonyl (C=O) groups is 1. The van der Waals surface area contributed by atoms with E-state index >= 15 is 0 Å². The van der Waals surface area contributed by atoms with Crippen LogP contribution < -0.4 is 10.6 Å². The lowest BCUT2D eigenvalue weighted by molar-refractivity contribution is -0.125. The summed E-state index contributed by atoms with van der Waals surface area (Å²) in [7, 11) is 0. The molecular weight excluding hydrogens is 236 g/mol. The van der Waals surface area contributed by atoms with E-state index in [4.69, 9.17) is 0 Å². The quantitative estimate of drug-likeness (QED) is 0.814. The highest BCUT2D eigenvalue weighted by Crippen LogP contribution is 2.34. The Morgan fingerprint density at radius 3 is 2.47 bits per heavy atom. The summed E-state index contributed by atoms with van der Waals surface area (Å²) in [5.74, 6) is 0.892. The van der Waals surface area contributed by atoms with Gasteiger partial charge in [0.15, 0.2) is 0 Å². The first-order chi connectivity index (χ1) is 7.74. The van der Waals surface area contributed by atoms with Crippen molar-refractivity contribution in [3.63, 3.8) is 0 Å². The van der Waals surface area contributed by atoms with Crippen LogP contribution in [0.4, 0.5) is 0 Å². The van der Waals surface area contributed by atoms with Gasteiger partial charge in [-0.05, 0) is 57.5 Å². The molecule has 0 aromatic carbocycles. The van der Waals surface area contributed by atoms with E-state index in [-0.39, 0.29) is 23.9 Å². The van der Waals surface area contributed by atoms with Crippen molar-refractivity contribution in [3.8, 4) is 0 Å². The molecule has 0 bridgehead atoms. The first-order valence-electron chi connectivity index (χ1n) is 6.76. The van der Waals surface area contributed by atoms with Gasteiger partial charge in [-0.15, -0.1) is 12.4 Å². The molecule has 3 nitrogen and oxygen atoms in total. The third-order valence-corrected chi connectivity index (χ3v) is 4.32. The number of halogens is 1. The lowest BCUT2D eigenvalue weighted by Gasteiger charge is -2.42. The fourth-order valence-electron chi connectivity index (χ4n) is 2.87. The normalized spacial score (nSPS) is 23.4. The van der Waals surface area contributed by atoms with Gasteiger partial charge in [-0.3, -0.25) is 4.79 Å². The summed E-state index contributed by atoms with van der Waals surface area (Å²) < 4.78 is 0. The number of carbonyl (C=O) groups excluding carboxylic acids is 1. The molecule has 0 radical (unpaired) electrons. The van der Waals surface area contributed by atoms with Crippen molar-refractivity contribution in [3.05, 3.63) is 0 Å². The van der Waals surface area contributed by atoms with Crippen LogP contribution in [0.1, 0.15) is 51.9 Å². The highest BCUT2D eigenvalue weighted by atomic mass is 35.5. The smallest absolute Gasteiger partial charge is 0.220 e. The SMILES string of the molecule is CCC1(NC(=O)CC2CCNCC2)CCC1.Cl. The van der Waals surface area contributed by atoms with Crippen molar-refractivity contribution < 1.29 is 4.79 Å². The third kappa shape index (κ3) is 3.85. The first-order valence-corrected chi connectivity index (χ1v) is 6.76. The molecule has 2 fully saturated rings. The van der Waals surface area contributed by atoms with Gasteiger partial charge in [-0.1, -0.05) is 6.92 Å². The first kappa shape index (κ1) is 14.8. The molecule has 1 saturated heterocycles. The summed E-state index contributed by atoms with van der Waals surface area (Å²) in [6.45, 7) is 4.34. The van der Waals surface area contributed by atoms with Gasteiger partial charge in [0.1, 0.15) is 0 Å². The van der Waals surface area contributed by atoms with E-state index in [2.05, 4.69) is 17.6 Å². The molecule has 0 aromatic heterocycles. The molecule has 0 unspecified atom stereocenters. The number of nitrogens with one attached hydrogen (secondary N) is 2. The summed E-state index contributed by atoms with van der Waals surface area (Å²) in [4.78, 5) is 11.9. The van der Waals surface area contributed by atoms with E-state index in [1.54, 1.807) is 0 Å². The van der Waals surface area contributed by atoms with Gasteiger partial charge in [0.05, 0.1) is 0 Å². The van der Waals surface area contributed by atoms with Gasteiger partial charge in [0.2, 0.25) is 5.91 Å². The van der Waals surface area contributed by atoms with Gasteiger partial charge in [-0.25, -0.2) is 0 Å². The summed E-state index contributed by atoms with van der Waals surface area (Å²) >= 11 is 0. The van der Waals surface area contributed by atoms with Crippen LogP contribution in [0, 0.1) is 5.92 Å². The van der Waals surface area contributed by atoms with E-state index in [0.717, 1.165) is 38.8 Å². The monoisotopic (exact) mass is 260 g/mol. The number of hydrogen-bond acceptors (Lipinski definition) is 2. The number of rotatable bonds is 4. The van der Waals surface area contributed by atoms with Gasteiger partial charge < -0.3 is 10.6 Å². The van der Waals surface area contributed by atoms with Crippen LogP contribution in [-0.2, 0) is 4.79 Å². The average Bonchev–Trinajstić information content (AvgIpc) is 2.25. The Hall–Kier alpha value is -0.280.